The summed E-state index contributed by atoms with van der Waals surface area (Å²) in [6.07, 6.45) is 5.23. The molecule has 0 amide bonds. The zero-order valence-electron chi connectivity index (χ0n) is 17.3. The van der Waals surface area contributed by atoms with Gasteiger partial charge in [0.25, 0.3) is 10.0 Å². The zero-order valence-corrected chi connectivity index (χ0v) is 18.9. The van der Waals surface area contributed by atoms with Crippen molar-refractivity contribution in [1.29, 1.82) is 0 Å². The van der Waals surface area contributed by atoms with E-state index in [-0.39, 0.29) is 17.2 Å². The van der Waals surface area contributed by atoms with Gasteiger partial charge in [-0.2, -0.15) is 4.37 Å². The van der Waals surface area contributed by atoms with Crippen molar-refractivity contribution in [3.63, 3.8) is 0 Å². The fourth-order valence-electron chi connectivity index (χ4n) is 4.67. The lowest BCUT2D eigenvalue weighted by atomic mass is 9.89. The molecule has 0 radical (unpaired) electrons. The van der Waals surface area contributed by atoms with Crippen molar-refractivity contribution in [1.82, 2.24) is 14.3 Å². The van der Waals surface area contributed by atoms with Crippen LogP contribution in [0.3, 0.4) is 0 Å². The first kappa shape index (κ1) is 21.3. The minimum Gasteiger partial charge on any atom is -0.493 e. The molecule has 3 aromatic rings. The van der Waals surface area contributed by atoms with Crippen LogP contribution in [0.15, 0.2) is 53.7 Å². The van der Waals surface area contributed by atoms with Crippen molar-refractivity contribution in [3.8, 4) is 5.75 Å². The van der Waals surface area contributed by atoms with E-state index < -0.39 is 20.7 Å². The molecule has 1 N–H and O–H groups in total. The summed E-state index contributed by atoms with van der Waals surface area (Å²) in [5.41, 5.74) is 1.95. The molecular weight excluding hydrogens is 451 g/mol. The van der Waals surface area contributed by atoms with Gasteiger partial charge in [0.05, 0.1) is 6.61 Å². The molecule has 0 bridgehead atoms. The van der Waals surface area contributed by atoms with E-state index in [0.717, 1.165) is 43.8 Å². The van der Waals surface area contributed by atoms with Crippen molar-refractivity contribution in [2.24, 2.45) is 0 Å². The van der Waals surface area contributed by atoms with Gasteiger partial charge in [0, 0.05) is 41.7 Å². The van der Waals surface area contributed by atoms with E-state index in [4.69, 9.17) is 4.74 Å². The lowest BCUT2D eigenvalue weighted by Gasteiger charge is -2.43. The monoisotopic (exact) mass is 474 g/mol. The Labute approximate surface area is 190 Å². The molecule has 2 atom stereocenters. The first-order chi connectivity index (χ1) is 15.5. The number of nitrogens with one attached hydrogen (secondary N) is 1. The number of hydrogen-bond acceptors (Lipinski definition) is 7. The molecular formula is C22H23FN4O3S2. The Balaban J connectivity index is 1.49. The minimum absolute atomic E-state index is 0.0355. The molecule has 7 nitrogen and oxygen atoms in total. The topological polar surface area (TPSA) is 84.4 Å². The number of fused-ring (bicyclic) bond motifs is 1. The smallest absolute Gasteiger partial charge is 0.266 e. The van der Waals surface area contributed by atoms with Gasteiger partial charge in [-0.3, -0.25) is 9.62 Å². The Hall–Kier alpha value is -2.56. The van der Waals surface area contributed by atoms with E-state index >= 15 is 4.39 Å². The molecule has 0 unspecified atom stereocenters. The van der Waals surface area contributed by atoms with Crippen LogP contribution in [0, 0.1) is 5.82 Å². The van der Waals surface area contributed by atoms with Gasteiger partial charge in [0.2, 0.25) is 5.13 Å². The molecule has 32 heavy (non-hydrogen) atoms. The van der Waals surface area contributed by atoms with Crippen molar-refractivity contribution >= 4 is 26.7 Å². The highest BCUT2D eigenvalue weighted by Crippen LogP contribution is 2.44. The van der Waals surface area contributed by atoms with E-state index in [1.165, 1.54) is 24.0 Å². The molecule has 0 spiro atoms. The number of ether oxygens (including phenoxy) is 1. The average molecular weight is 475 g/mol. The molecule has 2 aliphatic heterocycles. The van der Waals surface area contributed by atoms with Gasteiger partial charge in [0.1, 0.15) is 22.8 Å². The van der Waals surface area contributed by atoms with Crippen LogP contribution >= 0.6 is 11.5 Å². The van der Waals surface area contributed by atoms with E-state index in [2.05, 4.69) is 31.1 Å². The second-order valence-corrected chi connectivity index (χ2v) is 10.4. The van der Waals surface area contributed by atoms with Crippen LogP contribution in [-0.4, -0.2) is 35.8 Å². The lowest BCUT2D eigenvalue weighted by molar-refractivity contribution is 0.0665. The number of likely N-dealkylation sites (tertiary alicyclic amines) is 1. The minimum atomic E-state index is -4.15. The van der Waals surface area contributed by atoms with Gasteiger partial charge in [-0.25, -0.2) is 17.8 Å². The largest absolute Gasteiger partial charge is 0.493 e. The summed E-state index contributed by atoms with van der Waals surface area (Å²) in [6.45, 7) is 1.36. The third-order valence-corrected chi connectivity index (χ3v) is 8.14. The highest BCUT2D eigenvalue weighted by Gasteiger charge is 2.36. The first-order valence-corrected chi connectivity index (χ1v) is 12.8. The predicted octanol–water partition coefficient (Wildman–Crippen LogP) is 4.53. The number of rotatable bonds is 5. The summed E-state index contributed by atoms with van der Waals surface area (Å²) in [6, 6.07) is 13.2. The van der Waals surface area contributed by atoms with Crippen molar-refractivity contribution < 1.29 is 17.5 Å². The normalized spacial score (nSPS) is 21.5. The molecule has 2 aliphatic rings. The Morgan fingerprint density at radius 1 is 1.12 bits per heavy atom. The standard InChI is InChI=1S/C22H23FN4O3S2/c23-17-12-16-19(27-10-5-4-8-18(27)15-6-2-1-3-7-15)9-11-30-20(16)13-21(17)32(28,29)26-22-24-14-25-31-22/h1-3,6-7,12-14,18-19H,4-5,8-11H2,(H,24,25,26)/t18-,19+/m0/s1. The van der Waals surface area contributed by atoms with E-state index in [9.17, 15) is 8.42 Å². The van der Waals surface area contributed by atoms with Gasteiger partial charge >= 0.3 is 0 Å². The number of nitrogens with zero attached hydrogens (tertiary/aromatic N) is 3. The number of hydrogen-bond donors (Lipinski definition) is 1. The zero-order chi connectivity index (χ0) is 22.1. The second kappa shape index (κ2) is 8.76. The van der Waals surface area contributed by atoms with Gasteiger partial charge < -0.3 is 4.74 Å². The molecule has 3 heterocycles. The van der Waals surface area contributed by atoms with Crippen molar-refractivity contribution in [3.05, 3.63) is 65.7 Å². The van der Waals surface area contributed by atoms with Gasteiger partial charge in [0.15, 0.2) is 0 Å². The quantitative estimate of drug-likeness (QED) is 0.585. The van der Waals surface area contributed by atoms with E-state index in [0.29, 0.717) is 17.9 Å². The van der Waals surface area contributed by atoms with Crippen LogP contribution in [0.4, 0.5) is 9.52 Å². The summed E-state index contributed by atoms with van der Waals surface area (Å²) in [5, 5.41) is 0.0833. The lowest BCUT2D eigenvalue weighted by Crippen LogP contribution is -2.39. The fraction of sp³-hybridized carbons (Fsp3) is 0.364. The van der Waals surface area contributed by atoms with Crippen LogP contribution in [0.5, 0.6) is 5.75 Å². The highest BCUT2D eigenvalue weighted by molar-refractivity contribution is 7.93. The summed E-state index contributed by atoms with van der Waals surface area (Å²) in [4.78, 5) is 5.78. The van der Waals surface area contributed by atoms with E-state index in [1.54, 1.807) is 0 Å². The molecule has 0 saturated carbocycles. The second-order valence-electron chi connectivity index (χ2n) is 7.99. The van der Waals surface area contributed by atoms with Crippen LogP contribution in [0.25, 0.3) is 0 Å². The summed E-state index contributed by atoms with van der Waals surface area (Å²) in [5.74, 6) is -0.387. The summed E-state index contributed by atoms with van der Waals surface area (Å²) in [7, 11) is -4.15. The van der Waals surface area contributed by atoms with Crippen molar-refractivity contribution in [2.45, 2.75) is 42.7 Å². The predicted molar refractivity (Wildman–Crippen MR) is 120 cm³/mol. The molecule has 1 aromatic heterocycles. The Bertz CT molecular complexity index is 1190. The molecule has 2 aromatic carbocycles. The number of sulfonamides is 1. The summed E-state index contributed by atoms with van der Waals surface area (Å²) >= 11 is 0.885. The van der Waals surface area contributed by atoms with Crippen LogP contribution in [0.2, 0.25) is 0 Å². The third-order valence-electron chi connectivity index (χ3n) is 6.07. The molecule has 1 saturated heterocycles. The maximum Gasteiger partial charge on any atom is 0.266 e. The van der Waals surface area contributed by atoms with Crippen LogP contribution in [-0.2, 0) is 10.0 Å². The molecule has 168 valence electrons. The number of halogens is 1. The van der Waals surface area contributed by atoms with Crippen LogP contribution < -0.4 is 9.46 Å². The molecule has 10 heteroatoms. The first-order valence-electron chi connectivity index (χ1n) is 10.6. The Kier molecular flexibility index (Phi) is 5.83. The van der Waals surface area contributed by atoms with Crippen LogP contribution in [0.1, 0.15) is 48.9 Å². The molecule has 0 aliphatic carbocycles. The SMILES string of the molecule is O=S(=O)(Nc1ncns1)c1cc2c(cc1F)[C@H](N1CCCC[C@H]1c1ccccc1)CCO2. The molecule has 1 fully saturated rings. The number of piperidine rings is 1. The van der Waals surface area contributed by atoms with Gasteiger partial charge in [-0.15, -0.1) is 0 Å². The Morgan fingerprint density at radius 2 is 1.97 bits per heavy atom. The van der Waals surface area contributed by atoms with Crippen molar-refractivity contribution in [2.75, 3.05) is 17.9 Å². The molecule has 5 rings (SSSR count). The Morgan fingerprint density at radius 3 is 2.75 bits per heavy atom. The fourth-order valence-corrected chi connectivity index (χ4v) is 6.41. The number of aromatic nitrogens is 2. The average Bonchev–Trinajstić information content (AvgIpc) is 3.31. The maximum atomic E-state index is 15.1. The van der Waals surface area contributed by atoms with Gasteiger partial charge in [-0.05, 0) is 31.0 Å². The number of benzene rings is 2. The van der Waals surface area contributed by atoms with Gasteiger partial charge in [-0.1, -0.05) is 36.8 Å². The van der Waals surface area contributed by atoms with E-state index in [1.807, 2.05) is 18.2 Å². The highest BCUT2D eigenvalue weighted by atomic mass is 32.2. The maximum absolute atomic E-state index is 15.1. The number of anilines is 1. The third kappa shape index (κ3) is 4.10. The summed E-state index contributed by atoms with van der Waals surface area (Å²) < 4.78 is 52.5.